The number of benzene rings is 1. The van der Waals surface area contributed by atoms with Gasteiger partial charge in [-0.2, -0.15) is 0 Å². The maximum absolute atomic E-state index is 11.8. The second-order valence-corrected chi connectivity index (χ2v) is 4.00. The topological polar surface area (TPSA) is 17.1 Å². The highest BCUT2D eigenvalue weighted by molar-refractivity contribution is 6.00. The van der Waals surface area contributed by atoms with E-state index in [2.05, 4.69) is 6.92 Å². The van der Waals surface area contributed by atoms with Gasteiger partial charge in [-0.05, 0) is 24.8 Å². The van der Waals surface area contributed by atoms with Gasteiger partial charge in [0.15, 0.2) is 5.78 Å². The van der Waals surface area contributed by atoms with Gasteiger partial charge in [-0.3, -0.25) is 4.79 Å². The Hall–Kier alpha value is -1.11. The summed E-state index contributed by atoms with van der Waals surface area (Å²) in [5.41, 5.74) is 2.02. The molecule has 2 unspecified atom stereocenters. The zero-order valence-corrected chi connectivity index (χ0v) is 8.08. The van der Waals surface area contributed by atoms with Crippen LogP contribution in [0.3, 0.4) is 0 Å². The number of rotatable bonds is 2. The van der Waals surface area contributed by atoms with E-state index in [0.717, 1.165) is 17.5 Å². The summed E-state index contributed by atoms with van der Waals surface area (Å²) < 4.78 is 0. The van der Waals surface area contributed by atoms with Gasteiger partial charge in [0.05, 0.1) is 0 Å². The fraction of sp³-hybridized carbons (Fsp3) is 0.417. The summed E-state index contributed by atoms with van der Waals surface area (Å²) in [5.74, 6) is 1.25. The van der Waals surface area contributed by atoms with Gasteiger partial charge in [0.25, 0.3) is 0 Å². The minimum atomic E-state index is 0.307. The Morgan fingerprint density at radius 3 is 2.54 bits per heavy atom. The Kier molecular flexibility index (Phi) is 1.95. The van der Waals surface area contributed by atoms with E-state index in [1.54, 1.807) is 0 Å². The van der Waals surface area contributed by atoms with Crippen LogP contribution in [0.2, 0.25) is 0 Å². The first-order valence-corrected chi connectivity index (χ1v) is 4.80. The normalized spacial score (nSPS) is 25.7. The number of carbonyl (C=O) groups excluding carboxylic acids is 1. The summed E-state index contributed by atoms with van der Waals surface area (Å²) in [4.78, 5) is 11.8. The number of ketones is 1. The van der Waals surface area contributed by atoms with Crippen LogP contribution in [0.25, 0.3) is 0 Å². The van der Waals surface area contributed by atoms with Crippen molar-refractivity contribution >= 4 is 5.78 Å². The van der Waals surface area contributed by atoms with Crippen molar-refractivity contribution in [3.63, 3.8) is 0 Å². The predicted molar refractivity (Wildman–Crippen MR) is 52.8 cm³/mol. The van der Waals surface area contributed by atoms with E-state index < -0.39 is 0 Å². The van der Waals surface area contributed by atoms with E-state index in [0.29, 0.717) is 17.6 Å². The molecule has 1 aromatic rings. The first-order valence-electron chi connectivity index (χ1n) is 4.80. The third kappa shape index (κ3) is 1.51. The lowest BCUT2D eigenvalue weighted by atomic mass is 10.0. The Bertz CT molecular complexity index is 341. The first-order chi connectivity index (χ1) is 6.20. The quantitative estimate of drug-likeness (QED) is 0.630. The highest BCUT2D eigenvalue weighted by Gasteiger charge is 2.39. The molecule has 0 amide bonds. The van der Waals surface area contributed by atoms with Crippen molar-refractivity contribution in [1.82, 2.24) is 0 Å². The van der Waals surface area contributed by atoms with Crippen LogP contribution in [0.15, 0.2) is 24.3 Å². The van der Waals surface area contributed by atoms with Gasteiger partial charge < -0.3 is 0 Å². The molecular weight excluding hydrogens is 160 g/mol. The van der Waals surface area contributed by atoms with E-state index >= 15 is 0 Å². The monoisotopic (exact) mass is 174 g/mol. The maximum atomic E-state index is 11.8. The lowest BCUT2D eigenvalue weighted by Gasteiger charge is -2.02. The van der Waals surface area contributed by atoms with Gasteiger partial charge in [0.2, 0.25) is 0 Å². The Labute approximate surface area is 78.8 Å². The van der Waals surface area contributed by atoms with E-state index in [-0.39, 0.29) is 0 Å². The molecular formula is C12H14O. The number of Topliss-reactive ketones (excluding diaryl/α,β-unsaturated/α-hetero) is 1. The van der Waals surface area contributed by atoms with Gasteiger partial charge in [-0.15, -0.1) is 0 Å². The Morgan fingerprint density at radius 1 is 1.38 bits per heavy atom. The van der Waals surface area contributed by atoms with Crippen molar-refractivity contribution < 1.29 is 4.79 Å². The minimum absolute atomic E-state index is 0.307. The van der Waals surface area contributed by atoms with Crippen LogP contribution in [-0.2, 0) is 0 Å². The summed E-state index contributed by atoms with van der Waals surface area (Å²) in [7, 11) is 0. The van der Waals surface area contributed by atoms with Crippen LogP contribution in [0.4, 0.5) is 0 Å². The van der Waals surface area contributed by atoms with E-state index in [9.17, 15) is 4.79 Å². The van der Waals surface area contributed by atoms with Gasteiger partial charge in [-0.25, -0.2) is 0 Å². The molecule has 0 heterocycles. The molecule has 1 saturated carbocycles. The molecule has 1 heteroatoms. The molecule has 0 N–H and O–H groups in total. The maximum Gasteiger partial charge on any atom is 0.166 e. The van der Waals surface area contributed by atoms with Crippen molar-refractivity contribution in [2.45, 2.75) is 20.3 Å². The molecule has 2 rings (SSSR count). The molecule has 0 spiro atoms. The number of carbonyl (C=O) groups is 1. The fourth-order valence-corrected chi connectivity index (χ4v) is 1.74. The summed E-state index contributed by atoms with van der Waals surface area (Å²) in [6.45, 7) is 4.14. The van der Waals surface area contributed by atoms with Crippen LogP contribution in [0, 0.1) is 18.8 Å². The highest BCUT2D eigenvalue weighted by Crippen LogP contribution is 2.40. The smallest absolute Gasteiger partial charge is 0.166 e. The number of hydrogen-bond donors (Lipinski definition) is 0. The van der Waals surface area contributed by atoms with E-state index in [4.69, 9.17) is 0 Å². The molecule has 1 fully saturated rings. The van der Waals surface area contributed by atoms with Gasteiger partial charge >= 0.3 is 0 Å². The Morgan fingerprint density at radius 2 is 2.00 bits per heavy atom. The van der Waals surface area contributed by atoms with Crippen molar-refractivity contribution in [2.24, 2.45) is 11.8 Å². The molecule has 0 aliphatic heterocycles. The van der Waals surface area contributed by atoms with Crippen LogP contribution in [0.5, 0.6) is 0 Å². The SMILES string of the molecule is Cc1ccccc1C(=O)C1CC1C. The summed E-state index contributed by atoms with van der Waals surface area (Å²) in [6, 6.07) is 7.85. The first kappa shape index (κ1) is 8.49. The zero-order chi connectivity index (χ0) is 9.42. The molecule has 1 nitrogen and oxygen atoms in total. The molecule has 0 saturated heterocycles. The number of aryl methyl sites for hydroxylation is 1. The van der Waals surface area contributed by atoms with Crippen LogP contribution in [0.1, 0.15) is 29.3 Å². The lowest BCUT2D eigenvalue weighted by molar-refractivity contribution is 0.0961. The number of hydrogen-bond acceptors (Lipinski definition) is 1. The fourth-order valence-electron chi connectivity index (χ4n) is 1.74. The van der Waals surface area contributed by atoms with E-state index in [1.165, 1.54) is 0 Å². The highest BCUT2D eigenvalue weighted by atomic mass is 16.1. The third-order valence-electron chi connectivity index (χ3n) is 2.86. The summed E-state index contributed by atoms with van der Waals surface area (Å²) in [6.07, 6.45) is 1.08. The third-order valence-corrected chi connectivity index (χ3v) is 2.86. The second-order valence-electron chi connectivity index (χ2n) is 4.00. The molecule has 1 aromatic carbocycles. The van der Waals surface area contributed by atoms with Gasteiger partial charge in [0.1, 0.15) is 0 Å². The molecule has 2 atom stereocenters. The Balaban J connectivity index is 2.25. The van der Waals surface area contributed by atoms with Crippen molar-refractivity contribution in [2.75, 3.05) is 0 Å². The molecule has 1 aliphatic rings. The molecule has 13 heavy (non-hydrogen) atoms. The molecule has 0 radical (unpaired) electrons. The zero-order valence-electron chi connectivity index (χ0n) is 8.08. The lowest BCUT2D eigenvalue weighted by Crippen LogP contribution is -2.04. The van der Waals surface area contributed by atoms with Crippen molar-refractivity contribution in [1.29, 1.82) is 0 Å². The van der Waals surface area contributed by atoms with Crippen LogP contribution < -0.4 is 0 Å². The molecule has 0 bridgehead atoms. The molecule has 1 aliphatic carbocycles. The minimum Gasteiger partial charge on any atom is -0.294 e. The average molecular weight is 174 g/mol. The predicted octanol–water partition coefficient (Wildman–Crippen LogP) is 2.83. The summed E-state index contributed by atoms with van der Waals surface area (Å²) in [5, 5.41) is 0. The van der Waals surface area contributed by atoms with Gasteiger partial charge in [0, 0.05) is 11.5 Å². The standard InChI is InChI=1S/C12H14O/c1-8-5-3-4-6-10(8)12(13)11-7-9(11)2/h3-6,9,11H,7H2,1-2H3. The summed E-state index contributed by atoms with van der Waals surface area (Å²) >= 11 is 0. The van der Waals surface area contributed by atoms with Crippen LogP contribution in [-0.4, -0.2) is 5.78 Å². The second kappa shape index (κ2) is 2.99. The molecule has 0 aromatic heterocycles. The molecule has 68 valence electrons. The van der Waals surface area contributed by atoms with Crippen LogP contribution >= 0.6 is 0 Å². The average Bonchev–Trinajstić information content (AvgIpc) is 2.82. The largest absolute Gasteiger partial charge is 0.294 e. The van der Waals surface area contributed by atoms with Crippen molar-refractivity contribution in [3.05, 3.63) is 35.4 Å². The van der Waals surface area contributed by atoms with Crippen molar-refractivity contribution in [3.8, 4) is 0 Å². The van der Waals surface area contributed by atoms with E-state index in [1.807, 2.05) is 31.2 Å². The van der Waals surface area contributed by atoms with Gasteiger partial charge in [-0.1, -0.05) is 31.2 Å².